The Morgan fingerprint density at radius 2 is 1.74 bits per heavy atom. The normalized spacial score (nSPS) is 12.6. The van der Waals surface area contributed by atoms with Gasteiger partial charge in [0.1, 0.15) is 18.7 Å². The number of nitrogens with zero attached hydrogens (tertiary/aromatic N) is 1. The van der Waals surface area contributed by atoms with Crippen molar-refractivity contribution in [2.45, 2.75) is 23.5 Å². The number of hydrogen-bond donors (Lipinski definition) is 1. The molecule has 0 saturated heterocycles. The van der Waals surface area contributed by atoms with Gasteiger partial charge in [0.15, 0.2) is 5.58 Å². The molecule has 6 aromatic rings. The van der Waals surface area contributed by atoms with Crippen LogP contribution >= 0.6 is 34.9 Å². The number of carbonyl (C=O) groups excluding carboxylic acids is 2. The standard InChI is InChI=1S/C37H34N2O5S3/c1-3-33(40)42-20-19-38-35(41)43-22-37(4-2,24-46-36-39-30-16-6-7-17-31(30)44-36)23-45-26-12-9-11-25(21-26)27-14-10-15-29-28-13-5-8-18-32(28)47-34(27)29/h3,5-18,21H,1,4,19-20,22-24H2,2H3,(H,38,41). The minimum absolute atomic E-state index is 0.0356. The lowest BCUT2D eigenvalue weighted by Crippen LogP contribution is -2.36. The van der Waals surface area contributed by atoms with E-state index in [2.05, 4.69) is 90.5 Å². The minimum atomic E-state index is -0.562. The Balaban J connectivity index is 1.19. The molecule has 0 bridgehead atoms. The van der Waals surface area contributed by atoms with Crippen molar-refractivity contribution in [3.05, 3.63) is 104 Å². The summed E-state index contributed by atoms with van der Waals surface area (Å²) in [6.45, 7) is 5.86. The maximum Gasteiger partial charge on any atom is 0.407 e. The number of nitrogens with one attached hydrogen (secondary N) is 1. The van der Waals surface area contributed by atoms with Gasteiger partial charge in [-0.3, -0.25) is 0 Å². The molecular formula is C37H34N2O5S3. The smallest absolute Gasteiger partial charge is 0.407 e. The Kier molecular flexibility index (Phi) is 10.5. The Morgan fingerprint density at radius 1 is 0.957 bits per heavy atom. The van der Waals surface area contributed by atoms with Crippen LogP contribution in [0.3, 0.4) is 0 Å². The van der Waals surface area contributed by atoms with E-state index in [1.165, 1.54) is 43.1 Å². The number of esters is 1. The van der Waals surface area contributed by atoms with Crippen LogP contribution in [0, 0.1) is 5.41 Å². The van der Waals surface area contributed by atoms with Gasteiger partial charge in [-0.15, -0.1) is 23.1 Å². The van der Waals surface area contributed by atoms with E-state index >= 15 is 0 Å². The molecule has 0 aliphatic rings. The number of fused-ring (bicyclic) bond motifs is 4. The van der Waals surface area contributed by atoms with E-state index in [0.717, 1.165) is 28.5 Å². The van der Waals surface area contributed by atoms with Crippen LogP contribution in [-0.4, -0.2) is 48.3 Å². The molecule has 0 spiro atoms. The molecule has 1 amide bonds. The summed E-state index contributed by atoms with van der Waals surface area (Å²) in [5, 5.41) is 5.80. The molecule has 240 valence electrons. The Hall–Kier alpha value is -4.25. The number of para-hydroxylation sites is 2. The van der Waals surface area contributed by atoms with Crippen molar-refractivity contribution in [3.63, 3.8) is 0 Å². The van der Waals surface area contributed by atoms with E-state index in [9.17, 15) is 9.59 Å². The van der Waals surface area contributed by atoms with Crippen molar-refractivity contribution in [1.29, 1.82) is 0 Å². The number of benzene rings is 4. The minimum Gasteiger partial charge on any atom is -0.461 e. The van der Waals surface area contributed by atoms with Gasteiger partial charge < -0.3 is 19.2 Å². The molecule has 0 radical (unpaired) electrons. The number of thiophene rings is 1. The molecule has 0 saturated carbocycles. The van der Waals surface area contributed by atoms with Gasteiger partial charge in [0.2, 0.25) is 0 Å². The molecule has 2 heterocycles. The predicted molar refractivity (Wildman–Crippen MR) is 193 cm³/mol. The first-order valence-electron chi connectivity index (χ1n) is 15.3. The molecule has 10 heteroatoms. The van der Waals surface area contributed by atoms with E-state index < -0.39 is 12.1 Å². The Labute approximate surface area is 285 Å². The van der Waals surface area contributed by atoms with Crippen molar-refractivity contribution in [3.8, 4) is 11.1 Å². The third-order valence-corrected chi connectivity index (χ3v) is 11.7. The van der Waals surface area contributed by atoms with Crippen molar-refractivity contribution < 1.29 is 23.5 Å². The average Bonchev–Trinajstić information content (AvgIpc) is 3.71. The second-order valence-electron chi connectivity index (χ2n) is 11.1. The summed E-state index contributed by atoms with van der Waals surface area (Å²) >= 11 is 5.10. The number of amides is 1. The molecule has 2 aromatic heterocycles. The Morgan fingerprint density at radius 3 is 2.60 bits per heavy atom. The van der Waals surface area contributed by atoms with E-state index in [1.807, 2.05) is 35.6 Å². The number of hydrogen-bond acceptors (Lipinski definition) is 9. The molecule has 0 aliphatic heterocycles. The molecule has 7 nitrogen and oxygen atoms in total. The largest absolute Gasteiger partial charge is 0.461 e. The first-order chi connectivity index (χ1) is 23.0. The quantitative estimate of drug-likeness (QED) is 0.0526. The molecule has 6 rings (SSSR count). The lowest BCUT2D eigenvalue weighted by molar-refractivity contribution is -0.137. The van der Waals surface area contributed by atoms with Crippen molar-refractivity contribution in [2.24, 2.45) is 5.41 Å². The second kappa shape index (κ2) is 15.1. The maximum absolute atomic E-state index is 12.6. The van der Waals surface area contributed by atoms with Gasteiger partial charge in [-0.25, -0.2) is 14.6 Å². The number of oxazole rings is 1. The third kappa shape index (κ3) is 7.84. The number of rotatable bonds is 14. The molecule has 1 N–H and O–H groups in total. The van der Waals surface area contributed by atoms with Gasteiger partial charge >= 0.3 is 12.1 Å². The highest BCUT2D eigenvalue weighted by Crippen LogP contribution is 2.42. The number of thioether (sulfide) groups is 2. The number of carbonyl (C=O) groups is 2. The van der Waals surface area contributed by atoms with E-state index in [0.29, 0.717) is 16.7 Å². The monoisotopic (exact) mass is 682 g/mol. The molecular weight excluding hydrogens is 649 g/mol. The van der Waals surface area contributed by atoms with Gasteiger partial charge in [0, 0.05) is 48.1 Å². The SMILES string of the molecule is C=CC(=O)OCCNC(=O)OCC(CC)(CSc1cccc(-c2cccc3c2sc2ccccc23)c1)CSc1nc2ccccc2o1. The highest BCUT2D eigenvalue weighted by molar-refractivity contribution is 8.00. The van der Waals surface area contributed by atoms with Crippen molar-refractivity contribution in [1.82, 2.24) is 10.3 Å². The zero-order valence-corrected chi connectivity index (χ0v) is 28.4. The fourth-order valence-electron chi connectivity index (χ4n) is 5.16. The summed E-state index contributed by atoms with van der Waals surface area (Å²) < 4.78 is 19.2. The molecule has 1 unspecified atom stereocenters. The summed E-state index contributed by atoms with van der Waals surface area (Å²) in [4.78, 5) is 29.7. The van der Waals surface area contributed by atoms with Crippen LogP contribution in [0.5, 0.6) is 0 Å². The highest BCUT2D eigenvalue weighted by Gasteiger charge is 2.32. The van der Waals surface area contributed by atoms with Gasteiger partial charge in [0.25, 0.3) is 5.22 Å². The third-order valence-electron chi connectivity index (χ3n) is 7.91. The lowest BCUT2D eigenvalue weighted by Gasteiger charge is -2.31. The maximum atomic E-state index is 12.6. The molecule has 4 aromatic carbocycles. The van der Waals surface area contributed by atoms with Crippen molar-refractivity contribution >= 4 is 78.2 Å². The van der Waals surface area contributed by atoms with Gasteiger partial charge in [-0.1, -0.05) is 85.9 Å². The van der Waals surface area contributed by atoms with Crippen molar-refractivity contribution in [2.75, 3.05) is 31.3 Å². The summed E-state index contributed by atoms with van der Waals surface area (Å²) in [7, 11) is 0. The second-order valence-corrected chi connectivity index (χ2v) is 14.1. The molecule has 0 aliphatic carbocycles. The zero-order valence-electron chi connectivity index (χ0n) is 25.9. The fraction of sp³-hybridized carbons (Fsp3) is 0.216. The van der Waals surface area contributed by atoms with Crippen LogP contribution in [-0.2, 0) is 14.3 Å². The first-order valence-corrected chi connectivity index (χ1v) is 18.1. The molecule has 0 fully saturated rings. The number of aromatic nitrogens is 1. The summed E-state index contributed by atoms with van der Waals surface area (Å²) in [5.41, 5.74) is 3.56. The average molecular weight is 683 g/mol. The predicted octanol–water partition coefficient (Wildman–Crippen LogP) is 9.60. The van der Waals surface area contributed by atoms with Gasteiger partial charge in [-0.05, 0) is 47.9 Å². The van der Waals surface area contributed by atoms with E-state index in [1.54, 1.807) is 11.8 Å². The molecule has 47 heavy (non-hydrogen) atoms. The topological polar surface area (TPSA) is 90.7 Å². The highest BCUT2D eigenvalue weighted by atomic mass is 32.2. The van der Waals surface area contributed by atoms with Crippen LogP contribution < -0.4 is 5.32 Å². The fourth-order valence-corrected chi connectivity index (χ4v) is 8.90. The molecule has 1 atom stereocenters. The van der Waals surface area contributed by atoms with E-state index in [4.69, 9.17) is 13.9 Å². The zero-order chi connectivity index (χ0) is 32.6. The number of alkyl carbamates (subject to hydrolysis) is 1. The van der Waals surface area contributed by atoms with Crippen LogP contribution in [0.15, 0.2) is 118 Å². The Bertz CT molecular complexity index is 2000. The van der Waals surface area contributed by atoms with Gasteiger partial charge in [0.05, 0.1) is 6.54 Å². The van der Waals surface area contributed by atoms with Gasteiger partial charge in [-0.2, -0.15) is 0 Å². The summed E-state index contributed by atoms with van der Waals surface area (Å²) in [6, 6.07) is 31.4. The van der Waals surface area contributed by atoms with Crippen LogP contribution in [0.1, 0.15) is 13.3 Å². The summed E-state index contributed by atoms with van der Waals surface area (Å²) in [5.74, 6) is 0.800. The van der Waals surface area contributed by atoms with Crippen LogP contribution in [0.2, 0.25) is 0 Å². The van der Waals surface area contributed by atoms with Crippen LogP contribution in [0.4, 0.5) is 4.79 Å². The number of ether oxygens (including phenoxy) is 2. The summed E-state index contributed by atoms with van der Waals surface area (Å²) in [6.07, 6.45) is 1.28. The lowest BCUT2D eigenvalue weighted by atomic mass is 9.91. The van der Waals surface area contributed by atoms with Crippen LogP contribution in [0.25, 0.3) is 42.4 Å². The van der Waals surface area contributed by atoms with E-state index in [-0.39, 0.29) is 25.2 Å². The first kappa shape index (κ1) is 32.7.